The van der Waals surface area contributed by atoms with Crippen LogP contribution in [0.2, 0.25) is 0 Å². The molecule has 2 saturated heterocycles. The van der Waals surface area contributed by atoms with Crippen molar-refractivity contribution >= 4 is 17.7 Å². The lowest BCUT2D eigenvalue weighted by Crippen LogP contribution is -2.53. The lowest BCUT2D eigenvalue weighted by Gasteiger charge is -2.38. The van der Waals surface area contributed by atoms with Crippen LogP contribution in [0, 0.1) is 0 Å². The predicted octanol–water partition coefficient (Wildman–Crippen LogP) is 2.58. The molecule has 3 rings (SSSR count). The van der Waals surface area contributed by atoms with Crippen LogP contribution in [0.4, 0.5) is 0 Å². The molecular weight excluding hydrogens is 316 g/mol. The Morgan fingerprint density at radius 2 is 1.91 bits per heavy atom. The highest BCUT2D eigenvalue weighted by Gasteiger charge is 2.55. The first-order valence-electron chi connectivity index (χ1n) is 7.86. The summed E-state index contributed by atoms with van der Waals surface area (Å²) < 4.78 is 17.5. The lowest BCUT2D eigenvalue weighted by molar-refractivity contribution is -0.158. The van der Waals surface area contributed by atoms with Gasteiger partial charge in [-0.15, -0.1) is 11.8 Å². The Bertz CT molecular complexity index is 561. The molecule has 126 valence electrons. The molecule has 1 aromatic carbocycles. The van der Waals surface area contributed by atoms with E-state index in [2.05, 4.69) is 0 Å². The highest BCUT2D eigenvalue weighted by atomic mass is 32.2. The second kappa shape index (κ2) is 6.43. The molecule has 0 aromatic heterocycles. The monoisotopic (exact) mass is 338 g/mol. The number of hydrogen-bond acceptors (Lipinski definition) is 6. The summed E-state index contributed by atoms with van der Waals surface area (Å²) in [6.07, 6.45) is -0.556. The topological polar surface area (TPSA) is 65.0 Å². The van der Waals surface area contributed by atoms with Gasteiger partial charge in [0, 0.05) is 5.25 Å². The Morgan fingerprint density at radius 1 is 1.26 bits per heavy atom. The van der Waals surface area contributed by atoms with Crippen LogP contribution in [0.1, 0.15) is 37.6 Å². The number of carbonyl (C=O) groups is 1. The van der Waals surface area contributed by atoms with Gasteiger partial charge < -0.3 is 19.3 Å². The average Bonchev–Trinajstić information content (AvgIpc) is 2.86. The van der Waals surface area contributed by atoms with Crippen molar-refractivity contribution in [1.29, 1.82) is 0 Å². The van der Waals surface area contributed by atoms with Crippen LogP contribution in [0.25, 0.3) is 0 Å². The molecule has 5 atom stereocenters. The fourth-order valence-corrected chi connectivity index (χ4v) is 4.36. The van der Waals surface area contributed by atoms with E-state index in [4.69, 9.17) is 14.2 Å². The molecule has 0 bridgehead atoms. The summed E-state index contributed by atoms with van der Waals surface area (Å²) in [5, 5.41) is 10.5. The number of ether oxygens (including phenoxy) is 3. The Balaban J connectivity index is 1.79. The van der Waals surface area contributed by atoms with E-state index in [1.165, 1.54) is 11.8 Å². The van der Waals surface area contributed by atoms with Crippen LogP contribution < -0.4 is 0 Å². The molecule has 1 N–H and O–H groups in total. The van der Waals surface area contributed by atoms with Gasteiger partial charge in [0.1, 0.15) is 17.6 Å². The minimum Gasteiger partial charge on any atom is -0.452 e. The summed E-state index contributed by atoms with van der Waals surface area (Å²) in [4.78, 5) is 12.3. The van der Waals surface area contributed by atoms with Crippen molar-refractivity contribution < 1.29 is 24.1 Å². The quantitative estimate of drug-likeness (QED) is 0.855. The van der Waals surface area contributed by atoms with Crippen LogP contribution >= 0.6 is 11.8 Å². The number of aliphatic hydroxyl groups excluding tert-OH is 1. The van der Waals surface area contributed by atoms with E-state index in [-0.39, 0.29) is 11.4 Å². The number of aliphatic hydroxyl groups is 1. The number of rotatable bonds is 3. The first-order valence-corrected chi connectivity index (χ1v) is 8.81. The molecule has 0 radical (unpaired) electrons. The summed E-state index contributed by atoms with van der Waals surface area (Å²) in [6, 6.07) is 8.76. The second-order valence-corrected chi connectivity index (χ2v) is 7.63. The minimum atomic E-state index is -0.827. The van der Waals surface area contributed by atoms with Gasteiger partial charge in [0.15, 0.2) is 11.9 Å². The van der Waals surface area contributed by atoms with E-state index in [9.17, 15) is 9.90 Å². The fraction of sp³-hybridized carbons (Fsp3) is 0.588. The third-order valence-electron chi connectivity index (χ3n) is 4.10. The van der Waals surface area contributed by atoms with Gasteiger partial charge in [0.25, 0.3) is 0 Å². The minimum absolute atomic E-state index is 0.114. The fourth-order valence-electron chi connectivity index (χ4n) is 3.07. The molecule has 5 nitrogen and oxygen atoms in total. The van der Waals surface area contributed by atoms with Crippen molar-refractivity contribution in [2.75, 3.05) is 0 Å². The molecule has 0 saturated carbocycles. The van der Waals surface area contributed by atoms with Gasteiger partial charge in [-0.2, -0.15) is 0 Å². The van der Waals surface area contributed by atoms with Crippen molar-refractivity contribution in [1.82, 2.24) is 0 Å². The molecule has 5 unspecified atom stereocenters. The third-order valence-corrected chi connectivity index (χ3v) is 5.60. The molecule has 2 fully saturated rings. The normalized spacial score (nSPS) is 35.6. The number of thioether (sulfide) groups is 1. The number of hydrogen-bond donors (Lipinski definition) is 1. The number of fused-ring (bicyclic) bond motifs is 1. The predicted molar refractivity (Wildman–Crippen MR) is 87.1 cm³/mol. The summed E-state index contributed by atoms with van der Waals surface area (Å²) in [5.74, 6) is -1.21. The van der Waals surface area contributed by atoms with Crippen molar-refractivity contribution in [2.45, 2.75) is 62.0 Å². The zero-order valence-corrected chi connectivity index (χ0v) is 14.3. The SMILES string of the molecule is CCC1SC(O)C(OC(=O)c2ccccc2)C2OC(C)(C)OC12. The van der Waals surface area contributed by atoms with Crippen molar-refractivity contribution in [3.05, 3.63) is 35.9 Å². The highest BCUT2D eigenvalue weighted by Crippen LogP contribution is 2.44. The van der Waals surface area contributed by atoms with Crippen LogP contribution in [-0.4, -0.2) is 45.9 Å². The Labute approximate surface area is 140 Å². The van der Waals surface area contributed by atoms with E-state index in [1.807, 2.05) is 26.8 Å². The van der Waals surface area contributed by atoms with E-state index < -0.39 is 29.4 Å². The molecule has 23 heavy (non-hydrogen) atoms. The smallest absolute Gasteiger partial charge is 0.338 e. The van der Waals surface area contributed by atoms with Gasteiger partial charge in [-0.3, -0.25) is 0 Å². The summed E-state index contributed by atoms with van der Waals surface area (Å²) >= 11 is 1.38. The van der Waals surface area contributed by atoms with E-state index in [0.717, 1.165) is 6.42 Å². The summed E-state index contributed by atoms with van der Waals surface area (Å²) in [7, 11) is 0. The second-order valence-electron chi connectivity index (χ2n) is 6.27. The average molecular weight is 338 g/mol. The van der Waals surface area contributed by atoms with Gasteiger partial charge in [0.05, 0.1) is 5.56 Å². The summed E-state index contributed by atoms with van der Waals surface area (Å²) in [5.41, 5.74) is -0.372. The van der Waals surface area contributed by atoms with Crippen LogP contribution in [0.3, 0.4) is 0 Å². The van der Waals surface area contributed by atoms with Crippen molar-refractivity contribution in [3.63, 3.8) is 0 Å². The van der Waals surface area contributed by atoms with Crippen molar-refractivity contribution in [2.24, 2.45) is 0 Å². The Hall–Kier alpha value is -1.08. The first kappa shape index (κ1) is 16.8. The van der Waals surface area contributed by atoms with Crippen LogP contribution in [-0.2, 0) is 14.2 Å². The van der Waals surface area contributed by atoms with Crippen LogP contribution in [0.5, 0.6) is 0 Å². The maximum absolute atomic E-state index is 12.3. The zero-order valence-electron chi connectivity index (χ0n) is 13.5. The van der Waals surface area contributed by atoms with Gasteiger partial charge >= 0.3 is 5.97 Å². The van der Waals surface area contributed by atoms with E-state index in [0.29, 0.717) is 5.56 Å². The van der Waals surface area contributed by atoms with Gasteiger partial charge in [-0.05, 0) is 32.4 Å². The lowest BCUT2D eigenvalue weighted by atomic mass is 10.0. The number of carbonyl (C=O) groups excluding carboxylic acids is 1. The molecule has 0 aliphatic carbocycles. The molecule has 2 heterocycles. The van der Waals surface area contributed by atoms with Crippen LogP contribution in [0.15, 0.2) is 30.3 Å². The molecule has 1 aromatic rings. The maximum Gasteiger partial charge on any atom is 0.338 e. The maximum atomic E-state index is 12.3. The molecule has 0 spiro atoms. The third kappa shape index (κ3) is 3.40. The first-order chi connectivity index (χ1) is 10.9. The van der Waals surface area contributed by atoms with E-state index >= 15 is 0 Å². The largest absolute Gasteiger partial charge is 0.452 e. The standard InChI is InChI=1S/C17H22O5S/c1-4-11-12-13(22-17(2,3)21-12)14(16(19)23-11)20-15(18)10-8-6-5-7-9-10/h5-9,11-14,16,19H,4H2,1-3H3. The van der Waals surface area contributed by atoms with E-state index in [1.54, 1.807) is 24.3 Å². The molecule has 2 aliphatic rings. The van der Waals surface area contributed by atoms with Gasteiger partial charge in [0.2, 0.25) is 0 Å². The molecule has 6 heteroatoms. The molecular formula is C17H22O5S. The molecule has 0 amide bonds. The molecule has 2 aliphatic heterocycles. The number of esters is 1. The summed E-state index contributed by atoms with van der Waals surface area (Å²) in [6.45, 7) is 5.72. The Kier molecular flexibility index (Phi) is 4.69. The Morgan fingerprint density at radius 3 is 2.57 bits per heavy atom. The zero-order chi connectivity index (χ0) is 16.6. The van der Waals surface area contributed by atoms with Crippen molar-refractivity contribution in [3.8, 4) is 0 Å². The van der Waals surface area contributed by atoms with Gasteiger partial charge in [-0.1, -0.05) is 25.1 Å². The number of benzene rings is 1. The van der Waals surface area contributed by atoms with Gasteiger partial charge in [-0.25, -0.2) is 4.79 Å². The highest BCUT2D eigenvalue weighted by molar-refractivity contribution is 8.00.